The number of phenols is 1. The van der Waals surface area contributed by atoms with E-state index in [1.807, 2.05) is 44.1 Å². The smallest absolute Gasteiger partial charge is 0.227 e. The highest BCUT2D eigenvalue weighted by molar-refractivity contribution is 5.94. The number of carbonyl (C=O) groups excluding carboxylic acids is 1. The lowest BCUT2D eigenvalue weighted by Gasteiger charge is -2.26. The third-order valence-corrected chi connectivity index (χ3v) is 5.40. The first-order valence-corrected chi connectivity index (χ1v) is 9.49. The van der Waals surface area contributed by atoms with Gasteiger partial charge in [-0.1, -0.05) is 12.1 Å². The molecule has 28 heavy (non-hydrogen) atoms. The van der Waals surface area contributed by atoms with Crippen LogP contribution in [-0.4, -0.2) is 36.1 Å². The monoisotopic (exact) mass is 388 g/mol. The van der Waals surface area contributed by atoms with Gasteiger partial charge in [-0.3, -0.25) is 4.79 Å². The number of carbonyl (C=O) groups is 1. The van der Waals surface area contributed by atoms with E-state index in [9.17, 15) is 18.7 Å². The van der Waals surface area contributed by atoms with Gasteiger partial charge in [-0.05, 0) is 63.9 Å². The largest absolute Gasteiger partial charge is 0.508 e. The van der Waals surface area contributed by atoms with Crippen LogP contribution in [0.25, 0.3) is 0 Å². The topological polar surface area (TPSA) is 52.6 Å². The van der Waals surface area contributed by atoms with Crippen LogP contribution in [0.5, 0.6) is 5.75 Å². The fourth-order valence-corrected chi connectivity index (χ4v) is 3.33. The minimum absolute atomic E-state index is 0.0349. The molecule has 4 nitrogen and oxygen atoms in total. The summed E-state index contributed by atoms with van der Waals surface area (Å²) in [5.74, 6) is -1.73. The van der Waals surface area contributed by atoms with Gasteiger partial charge < -0.3 is 15.3 Å². The average molecular weight is 388 g/mol. The third-order valence-electron chi connectivity index (χ3n) is 5.40. The summed E-state index contributed by atoms with van der Waals surface area (Å²) in [5, 5.41) is 12.3. The Morgan fingerprint density at radius 1 is 1.21 bits per heavy atom. The second-order valence-corrected chi connectivity index (χ2v) is 7.77. The predicted octanol–water partition coefficient (Wildman–Crippen LogP) is 4.04. The van der Waals surface area contributed by atoms with E-state index in [1.54, 1.807) is 0 Å². The zero-order valence-electron chi connectivity index (χ0n) is 16.4. The van der Waals surface area contributed by atoms with Crippen LogP contribution in [0.2, 0.25) is 0 Å². The van der Waals surface area contributed by atoms with Crippen molar-refractivity contribution < 1.29 is 18.7 Å². The van der Waals surface area contributed by atoms with Crippen LogP contribution < -0.4 is 5.32 Å². The molecule has 0 heterocycles. The number of nitrogens with zero attached hydrogens (tertiary/aromatic N) is 1. The van der Waals surface area contributed by atoms with E-state index >= 15 is 0 Å². The molecule has 0 radical (unpaired) electrons. The van der Waals surface area contributed by atoms with Gasteiger partial charge in [0.25, 0.3) is 0 Å². The zero-order valence-corrected chi connectivity index (χ0v) is 16.4. The lowest BCUT2D eigenvalue weighted by molar-refractivity contribution is -0.117. The van der Waals surface area contributed by atoms with Crippen molar-refractivity contribution in [1.82, 2.24) is 4.90 Å². The predicted molar refractivity (Wildman–Crippen MR) is 105 cm³/mol. The molecule has 1 aliphatic rings. The van der Waals surface area contributed by atoms with Gasteiger partial charge in [0.2, 0.25) is 5.91 Å². The Morgan fingerprint density at radius 2 is 1.86 bits per heavy atom. The standard InChI is InChI=1S/C22H26F2N2O2/c1-13-15(5-4-6-21(13)25-22(28)14-7-8-14)9-16(26(2)3)10-18-19(23)11-17(27)12-20(18)24/h4-6,11-12,14,16,27H,7-10H2,1-3H3,(H,25,28)/t16-/m0/s1. The minimum Gasteiger partial charge on any atom is -0.508 e. The fourth-order valence-electron chi connectivity index (χ4n) is 3.33. The van der Waals surface area contributed by atoms with E-state index in [1.165, 1.54) is 0 Å². The summed E-state index contributed by atoms with van der Waals surface area (Å²) in [6.07, 6.45) is 2.63. The van der Waals surface area contributed by atoms with Crippen molar-refractivity contribution in [3.05, 3.63) is 58.7 Å². The van der Waals surface area contributed by atoms with Gasteiger partial charge >= 0.3 is 0 Å². The third kappa shape index (κ3) is 4.68. The van der Waals surface area contributed by atoms with Gasteiger partial charge in [0, 0.05) is 35.3 Å². The summed E-state index contributed by atoms with van der Waals surface area (Å²) in [5.41, 5.74) is 2.74. The molecule has 0 aromatic heterocycles. The Morgan fingerprint density at radius 3 is 2.43 bits per heavy atom. The van der Waals surface area contributed by atoms with Crippen molar-refractivity contribution in [3.63, 3.8) is 0 Å². The summed E-state index contributed by atoms with van der Waals surface area (Å²) in [6.45, 7) is 1.95. The number of hydrogen-bond donors (Lipinski definition) is 2. The maximum atomic E-state index is 14.2. The van der Waals surface area contributed by atoms with Crippen molar-refractivity contribution >= 4 is 11.6 Å². The molecule has 1 fully saturated rings. The number of rotatable bonds is 7. The lowest BCUT2D eigenvalue weighted by atomic mass is 9.94. The van der Waals surface area contributed by atoms with Crippen LogP contribution in [-0.2, 0) is 17.6 Å². The molecule has 150 valence electrons. The van der Waals surface area contributed by atoms with Crippen LogP contribution in [0.15, 0.2) is 30.3 Å². The van der Waals surface area contributed by atoms with E-state index in [-0.39, 0.29) is 29.9 Å². The summed E-state index contributed by atoms with van der Waals surface area (Å²) >= 11 is 0. The lowest BCUT2D eigenvalue weighted by Crippen LogP contribution is -2.33. The molecular formula is C22H26F2N2O2. The Kier molecular flexibility index (Phi) is 5.98. The number of aromatic hydroxyl groups is 1. The van der Waals surface area contributed by atoms with Crippen molar-refractivity contribution in [1.29, 1.82) is 0 Å². The molecule has 0 bridgehead atoms. The maximum Gasteiger partial charge on any atom is 0.227 e. The van der Waals surface area contributed by atoms with Crippen molar-refractivity contribution in [2.75, 3.05) is 19.4 Å². The van der Waals surface area contributed by atoms with Gasteiger partial charge in [0.05, 0.1) is 0 Å². The summed E-state index contributed by atoms with van der Waals surface area (Å²) < 4.78 is 28.4. The molecule has 1 atom stereocenters. The molecule has 0 unspecified atom stereocenters. The molecule has 1 saturated carbocycles. The van der Waals surface area contributed by atoms with Crippen LogP contribution in [0.3, 0.4) is 0 Å². The average Bonchev–Trinajstić information content (AvgIpc) is 3.44. The second-order valence-electron chi connectivity index (χ2n) is 7.77. The number of halogens is 2. The molecule has 2 aromatic rings. The van der Waals surface area contributed by atoms with Gasteiger partial charge in [-0.15, -0.1) is 0 Å². The van der Waals surface area contributed by atoms with Crippen LogP contribution in [0.4, 0.5) is 14.5 Å². The van der Waals surface area contributed by atoms with Crippen molar-refractivity contribution in [2.24, 2.45) is 5.92 Å². The second kappa shape index (κ2) is 8.27. The van der Waals surface area contributed by atoms with Gasteiger partial charge in [0.15, 0.2) is 0 Å². The van der Waals surface area contributed by atoms with E-state index < -0.39 is 17.4 Å². The van der Waals surface area contributed by atoms with E-state index in [0.29, 0.717) is 6.42 Å². The highest BCUT2D eigenvalue weighted by Crippen LogP contribution is 2.31. The quantitative estimate of drug-likeness (QED) is 0.753. The van der Waals surface area contributed by atoms with E-state index in [0.717, 1.165) is 41.8 Å². The number of likely N-dealkylation sites (N-methyl/N-ethyl adjacent to an activating group) is 1. The number of amides is 1. The van der Waals surface area contributed by atoms with Crippen molar-refractivity contribution in [2.45, 2.75) is 38.6 Å². The number of anilines is 1. The zero-order chi connectivity index (χ0) is 20.4. The molecule has 1 aliphatic carbocycles. The first kappa shape index (κ1) is 20.3. The number of hydrogen-bond acceptors (Lipinski definition) is 3. The van der Waals surface area contributed by atoms with Crippen LogP contribution in [0.1, 0.15) is 29.5 Å². The Labute approximate surface area is 164 Å². The minimum atomic E-state index is -0.744. The van der Waals surface area contributed by atoms with Crippen LogP contribution in [0, 0.1) is 24.5 Å². The molecule has 3 rings (SSSR count). The van der Waals surface area contributed by atoms with Gasteiger partial charge in [-0.25, -0.2) is 8.78 Å². The van der Waals surface area contributed by atoms with Gasteiger partial charge in [0.1, 0.15) is 17.4 Å². The molecular weight excluding hydrogens is 362 g/mol. The highest BCUT2D eigenvalue weighted by Gasteiger charge is 2.30. The summed E-state index contributed by atoms with van der Waals surface area (Å²) in [6, 6.07) is 7.46. The number of benzene rings is 2. The van der Waals surface area contributed by atoms with Crippen LogP contribution >= 0.6 is 0 Å². The molecule has 6 heteroatoms. The van der Waals surface area contributed by atoms with E-state index in [4.69, 9.17) is 0 Å². The first-order valence-electron chi connectivity index (χ1n) is 9.49. The summed E-state index contributed by atoms with van der Waals surface area (Å²) in [4.78, 5) is 14.0. The molecule has 0 spiro atoms. The Hall–Kier alpha value is -2.47. The van der Waals surface area contributed by atoms with E-state index in [2.05, 4.69) is 5.32 Å². The SMILES string of the molecule is Cc1c(C[C@@H](Cc2c(F)cc(O)cc2F)N(C)C)cccc1NC(=O)C1CC1. The molecule has 2 N–H and O–H groups in total. The number of phenolic OH excluding ortho intramolecular Hbond substituents is 1. The molecule has 2 aromatic carbocycles. The number of nitrogens with one attached hydrogen (secondary N) is 1. The first-order chi connectivity index (χ1) is 13.3. The van der Waals surface area contributed by atoms with Gasteiger partial charge in [-0.2, -0.15) is 0 Å². The molecule has 0 saturated heterocycles. The normalized spacial score (nSPS) is 14.9. The summed E-state index contributed by atoms with van der Waals surface area (Å²) in [7, 11) is 3.74. The Balaban J connectivity index is 1.80. The Bertz CT molecular complexity index is 856. The fraction of sp³-hybridized carbons (Fsp3) is 0.409. The molecule has 1 amide bonds. The molecule has 0 aliphatic heterocycles. The highest BCUT2D eigenvalue weighted by atomic mass is 19.1. The van der Waals surface area contributed by atoms with Crippen molar-refractivity contribution in [3.8, 4) is 5.75 Å². The maximum absolute atomic E-state index is 14.2.